The summed E-state index contributed by atoms with van der Waals surface area (Å²) in [5.74, 6) is 0. The predicted molar refractivity (Wildman–Crippen MR) is 68.1 cm³/mol. The molecule has 1 atom stereocenters. The van der Waals surface area contributed by atoms with E-state index < -0.39 is 0 Å². The van der Waals surface area contributed by atoms with Crippen molar-refractivity contribution in [2.75, 3.05) is 5.32 Å². The van der Waals surface area contributed by atoms with Crippen molar-refractivity contribution in [2.45, 2.75) is 13.0 Å². The zero-order valence-electron chi connectivity index (χ0n) is 9.01. The molecule has 0 saturated carbocycles. The van der Waals surface area contributed by atoms with E-state index in [9.17, 15) is 0 Å². The number of hydrogen-bond acceptors (Lipinski definition) is 5. The summed E-state index contributed by atoms with van der Waals surface area (Å²) in [5, 5.41) is 13.1. The van der Waals surface area contributed by atoms with Gasteiger partial charge in [-0.15, -0.1) is 0 Å². The Morgan fingerprint density at radius 1 is 1.53 bits per heavy atom. The lowest BCUT2D eigenvalue weighted by Crippen LogP contribution is -2.07. The van der Waals surface area contributed by atoms with E-state index in [0.717, 1.165) is 5.69 Å². The molecule has 0 aliphatic carbocycles. The first-order valence-electron chi connectivity index (χ1n) is 4.95. The normalized spacial score (nSPS) is 11.8. The van der Waals surface area contributed by atoms with Gasteiger partial charge in [0.1, 0.15) is 16.6 Å². The van der Waals surface area contributed by atoms with E-state index in [-0.39, 0.29) is 11.2 Å². The Morgan fingerprint density at radius 2 is 2.35 bits per heavy atom. The van der Waals surface area contributed by atoms with Crippen LogP contribution in [-0.2, 0) is 0 Å². The molecule has 2 aromatic heterocycles. The maximum absolute atomic E-state index is 8.95. The Labute approximate surface area is 108 Å². The van der Waals surface area contributed by atoms with E-state index in [1.807, 2.05) is 31.2 Å². The predicted octanol–water partition coefficient (Wildman–Crippen LogP) is 3.24. The van der Waals surface area contributed by atoms with Crippen molar-refractivity contribution in [3.8, 4) is 6.07 Å². The molecular formula is C11H9ClN4S. The average molecular weight is 265 g/mol. The number of nitrogens with zero attached hydrogens (tertiary/aromatic N) is 3. The van der Waals surface area contributed by atoms with E-state index >= 15 is 0 Å². The quantitative estimate of drug-likeness (QED) is 0.924. The van der Waals surface area contributed by atoms with E-state index in [4.69, 9.17) is 16.9 Å². The van der Waals surface area contributed by atoms with E-state index in [2.05, 4.69) is 14.7 Å². The van der Waals surface area contributed by atoms with Crippen LogP contribution in [0.3, 0.4) is 0 Å². The van der Waals surface area contributed by atoms with Crippen LogP contribution in [0.5, 0.6) is 0 Å². The zero-order valence-corrected chi connectivity index (χ0v) is 10.6. The molecule has 0 bridgehead atoms. The van der Waals surface area contributed by atoms with E-state index in [0.29, 0.717) is 10.6 Å². The van der Waals surface area contributed by atoms with Gasteiger partial charge in [-0.2, -0.15) is 9.64 Å². The van der Waals surface area contributed by atoms with Gasteiger partial charge in [0.2, 0.25) is 0 Å². The standard InChI is InChI=1S/C11H9ClN4S/c1-7(9-4-2-3-5-14-9)15-11-8(6-13)10(12)16-17-11/h2-5,7,15H,1H3/t7-/m0/s1. The molecule has 4 nitrogen and oxygen atoms in total. The number of anilines is 1. The van der Waals surface area contributed by atoms with Gasteiger partial charge < -0.3 is 5.32 Å². The summed E-state index contributed by atoms with van der Waals surface area (Å²) in [5.41, 5.74) is 1.29. The highest BCUT2D eigenvalue weighted by molar-refractivity contribution is 7.10. The molecule has 0 fully saturated rings. The maximum Gasteiger partial charge on any atom is 0.162 e. The second kappa shape index (κ2) is 5.13. The van der Waals surface area contributed by atoms with Crippen LogP contribution < -0.4 is 5.32 Å². The first-order valence-corrected chi connectivity index (χ1v) is 6.10. The molecule has 0 amide bonds. The fourth-order valence-electron chi connectivity index (χ4n) is 1.37. The Morgan fingerprint density at radius 3 is 3.00 bits per heavy atom. The summed E-state index contributed by atoms with van der Waals surface area (Å²) >= 11 is 6.98. The van der Waals surface area contributed by atoms with Crippen molar-refractivity contribution in [1.82, 2.24) is 9.36 Å². The highest BCUT2D eigenvalue weighted by atomic mass is 35.5. The molecule has 6 heteroatoms. The van der Waals surface area contributed by atoms with Gasteiger partial charge in [-0.05, 0) is 30.6 Å². The lowest BCUT2D eigenvalue weighted by molar-refractivity contribution is 0.842. The summed E-state index contributed by atoms with van der Waals surface area (Å²) in [6, 6.07) is 7.74. The lowest BCUT2D eigenvalue weighted by Gasteiger charge is -2.12. The molecule has 0 saturated heterocycles. The fraction of sp³-hybridized carbons (Fsp3) is 0.182. The molecule has 17 heavy (non-hydrogen) atoms. The summed E-state index contributed by atoms with van der Waals surface area (Å²) in [6.07, 6.45) is 1.73. The SMILES string of the molecule is C[C@H](Nc1snc(Cl)c1C#N)c1ccccn1. The number of nitriles is 1. The molecule has 0 radical (unpaired) electrons. The van der Waals surface area contributed by atoms with E-state index in [1.165, 1.54) is 11.5 Å². The van der Waals surface area contributed by atoms with Crippen molar-refractivity contribution in [3.05, 3.63) is 40.8 Å². The molecule has 86 valence electrons. The molecule has 0 spiro atoms. The first-order chi connectivity index (χ1) is 8.22. The minimum absolute atomic E-state index is 0.000170. The third kappa shape index (κ3) is 2.54. The average Bonchev–Trinajstić information content (AvgIpc) is 2.71. The maximum atomic E-state index is 8.95. The highest BCUT2D eigenvalue weighted by Gasteiger charge is 2.14. The van der Waals surface area contributed by atoms with Gasteiger partial charge in [0, 0.05) is 6.20 Å². The monoisotopic (exact) mass is 264 g/mol. The van der Waals surface area contributed by atoms with Gasteiger partial charge in [-0.25, -0.2) is 0 Å². The topological polar surface area (TPSA) is 61.6 Å². The second-order valence-corrected chi connectivity index (χ2v) is 4.54. The second-order valence-electron chi connectivity index (χ2n) is 3.41. The number of hydrogen-bond donors (Lipinski definition) is 1. The molecular weight excluding hydrogens is 256 g/mol. The zero-order chi connectivity index (χ0) is 12.3. The van der Waals surface area contributed by atoms with Gasteiger partial charge in [0.05, 0.1) is 11.7 Å². The molecule has 0 unspecified atom stereocenters. The van der Waals surface area contributed by atoms with Gasteiger partial charge in [-0.1, -0.05) is 17.7 Å². The Bertz CT molecular complexity index is 546. The van der Waals surface area contributed by atoms with Gasteiger partial charge in [0.25, 0.3) is 0 Å². The molecule has 0 aliphatic rings. The van der Waals surface area contributed by atoms with Crippen LogP contribution >= 0.6 is 23.1 Å². The van der Waals surface area contributed by atoms with Crippen LogP contribution in [0.1, 0.15) is 24.2 Å². The smallest absolute Gasteiger partial charge is 0.162 e. The summed E-state index contributed by atoms with van der Waals surface area (Å²) in [6.45, 7) is 1.97. The Balaban J connectivity index is 2.19. The molecule has 2 aromatic rings. The van der Waals surface area contributed by atoms with Gasteiger partial charge in [0.15, 0.2) is 5.15 Å². The number of halogens is 1. The molecule has 1 N–H and O–H groups in total. The summed E-state index contributed by atoms with van der Waals surface area (Å²) in [7, 11) is 0. The number of aromatic nitrogens is 2. The Kier molecular flexibility index (Phi) is 3.57. The van der Waals surface area contributed by atoms with E-state index in [1.54, 1.807) is 6.20 Å². The van der Waals surface area contributed by atoms with Crippen molar-refractivity contribution in [1.29, 1.82) is 5.26 Å². The molecule has 2 heterocycles. The van der Waals surface area contributed by atoms with Crippen LogP contribution in [0.15, 0.2) is 24.4 Å². The van der Waals surface area contributed by atoms with Crippen LogP contribution in [0.2, 0.25) is 5.15 Å². The highest BCUT2D eigenvalue weighted by Crippen LogP contribution is 2.30. The fourth-order valence-corrected chi connectivity index (χ4v) is 2.39. The molecule has 0 aromatic carbocycles. The van der Waals surface area contributed by atoms with Crippen LogP contribution in [-0.4, -0.2) is 9.36 Å². The van der Waals surface area contributed by atoms with Crippen LogP contribution in [0.4, 0.5) is 5.00 Å². The summed E-state index contributed by atoms with van der Waals surface area (Å²) in [4.78, 5) is 4.24. The minimum atomic E-state index is -0.000170. The number of pyridine rings is 1. The van der Waals surface area contributed by atoms with Crippen molar-refractivity contribution in [2.24, 2.45) is 0 Å². The molecule has 0 aliphatic heterocycles. The Hall–Kier alpha value is -1.64. The lowest BCUT2D eigenvalue weighted by atomic mass is 10.2. The number of nitrogens with one attached hydrogen (secondary N) is 1. The van der Waals surface area contributed by atoms with Crippen LogP contribution in [0, 0.1) is 11.3 Å². The van der Waals surface area contributed by atoms with Crippen molar-refractivity contribution < 1.29 is 0 Å². The first kappa shape index (κ1) is 11.8. The minimum Gasteiger partial charge on any atom is -0.366 e. The third-order valence-electron chi connectivity index (χ3n) is 2.24. The van der Waals surface area contributed by atoms with Gasteiger partial charge >= 0.3 is 0 Å². The summed E-state index contributed by atoms with van der Waals surface area (Å²) < 4.78 is 3.94. The molecule has 2 rings (SSSR count). The number of rotatable bonds is 3. The van der Waals surface area contributed by atoms with Gasteiger partial charge in [-0.3, -0.25) is 4.98 Å². The van der Waals surface area contributed by atoms with Crippen molar-refractivity contribution in [3.63, 3.8) is 0 Å². The van der Waals surface area contributed by atoms with Crippen molar-refractivity contribution >= 4 is 28.1 Å². The largest absolute Gasteiger partial charge is 0.366 e. The third-order valence-corrected chi connectivity index (χ3v) is 3.39. The van der Waals surface area contributed by atoms with Crippen LogP contribution in [0.25, 0.3) is 0 Å².